The van der Waals surface area contributed by atoms with Crippen molar-refractivity contribution in [2.75, 3.05) is 13.7 Å². The van der Waals surface area contributed by atoms with Crippen LogP contribution < -0.4 is 9.46 Å². The molecule has 168 valence electrons. The summed E-state index contributed by atoms with van der Waals surface area (Å²) in [6.07, 6.45) is 0. The molecule has 3 aromatic carbocycles. The van der Waals surface area contributed by atoms with E-state index in [2.05, 4.69) is 4.72 Å². The summed E-state index contributed by atoms with van der Waals surface area (Å²) in [5.41, 5.74) is 2.09. The van der Waals surface area contributed by atoms with E-state index in [9.17, 15) is 12.8 Å². The minimum absolute atomic E-state index is 0.00285. The lowest BCUT2D eigenvalue weighted by atomic mass is 10.0. The first-order chi connectivity index (χ1) is 15.4. The molecule has 1 saturated heterocycles. The smallest absolute Gasteiger partial charge is 0.219 e. The van der Waals surface area contributed by atoms with Crippen LogP contribution in [0.4, 0.5) is 4.39 Å². The molecule has 0 spiro atoms. The number of hydrogen-bond acceptors (Lipinski definition) is 5. The summed E-state index contributed by atoms with van der Waals surface area (Å²) < 4.78 is 48.5. The van der Waals surface area contributed by atoms with Gasteiger partial charge in [0.2, 0.25) is 10.0 Å². The van der Waals surface area contributed by atoms with Crippen LogP contribution in [0.5, 0.6) is 5.75 Å². The predicted molar refractivity (Wildman–Crippen MR) is 120 cm³/mol. The molecule has 0 aliphatic carbocycles. The molecule has 1 fully saturated rings. The standard InChI is InChI=1S/C24H25FN2O4S/c1-27-24(19-11-7-12-21(14-19)30-16-18-8-3-2-4-9-18)23(17-31-27)32(28,29)26-15-20-10-5-6-13-22(20)25/h2-14,23-24,26H,15-17H2,1H3/t23-,24+/m1/s1. The molecule has 3 aromatic rings. The number of benzene rings is 3. The summed E-state index contributed by atoms with van der Waals surface area (Å²) in [6, 6.07) is 22.7. The van der Waals surface area contributed by atoms with Gasteiger partial charge in [-0.1, -0.05) is 60.7 Å². The third-order valence-electron chi connectivity index (χ3n) is 5.45. The topological polar surface area (TPSA) is 67.9 Å². The first-order valence-corrected chi connectivity index (χ1v) is 11.8. The van der Waals surface area contributed by atoms with Crippen molar-refractivity contribution in [3.8, 4) is 5.75 Å². The summed E-state index contributed by atoms with van der Waals surface area (Å²) in [6.45, 7) is 0.290. The van der Waals surface area contributed by atoms with Gasteiger partial charge in [0, 0.05) is 19.2 Å². The number of nitrogens with one attached hydrogen (secondary N) is 1. The first kappa shape index (κ1) is 22.4. The normalized spacial score (nSPS) is 19.2. The van der Waals surface area contributed by atoms with E-state index in [0.29, 0.717) is 12.4 Å². The monoisotopic (exact) mass is 456 g/mol. The molecular formula is C24H25FN2O4S. The van der Waals surface area contributed by atoms with E-state index in [1.165, 1.54) is 6.07 Å². The number of halogens is 1. The molecule has 6 nitrogen and oxygen atoms in total. The molecule has 1 aliphatic rings. The Balaban J connectivity index is 1.49. The van der Waals surface area contributed by atoms with Crippen molar-refractivity contribution >= 4 is 10.0 Å². The van der Waals surface area contributed by atoms with Gasteiger partial charge in [0.25, 0.3) is 0 Å². The molecular weight excluding hydrogens is 431 g/mol. The fourth-order valence-electron chi connectivity index (χ4n) is 3.74. The molecule has 1 N–H and O–H groups in total. The van der Waals surface area contributed by atoms with E-state index >= 15 is 0 Å². The fourth-order valence-corrected chi connectivity index (χ4v) is 5.22. The van der Waals surface area contributed by atoms with Crippen LogP contribution in [0.1, 0.15) is 22.7 Å². The van der Waals surface area contributed by atoms with Crippen LogP contribution in [0.15, 0.2) is 78.9 Å². The zero-order valence-electron chi connectivity index (χ0n) is 17.6. The lowest BCUT2D eigenvalue weighted by molar-refractivity contribution is -0.110. The van der Waals surface area contributed by atoms with Gasteiger partial charge in [-0.25, -0.2) is 17.5 Å². The molecule has 0 amide bonds. The number of hydroxylamine groups is 2. The van der Waals surface area contributed by atoms with Crippen molar-refractivity contribution in [1.82, 2.24) is 9.79 Å². The Morgan fingerprint density at radius 1 is 1.06 bits per heavy atom. The molecule has 32 heavy (non-hydrogen) atoms. The van der Waals surface area contributed by atoms with Crippen molar-refractivity contribution < 1.29 is 22.4 Å². The SMILES string of the molecule is CN1OC[C@@H](S(=O)(=O)NCc2ccccc2F)[C@@H]1c1cccc(OCc2ccccc2)c1. The highest BCUT2D eigenvalue weighted by atomic mass is 32.2. The molecule has 0 saturated carbocycles. The zero-order chi connectivity index (χ0) is 22.6. The van der Waals surface area contributed by atoms with E-state index in [1.54, 1.807) is 30.3 Å². The van der Waals surface area contributed by atoms with Crippen LogP contribution in [-0.4, -0.2) is 32.4 Å². The Morgan fingerprint density at radius 2 is 1.81 bits per heavy atom. The van der Waals surface area contributed by atoms with Gasteiger partial charge in [-0.15, -0.1) is 0 Å². The highest BCUT2D eigenvalue weighted by Gasteiger charge is 2.43. The zero-order valence-corrected chi connectivity index (χ0v) is 18.5. The van der Waals surface area contributed by atoms with Gasteiger partial charge in [-0.3, -0.25) is 4.84 Å². The van der Waals surface area contributed by atoms with Crippen molar-refractivity contribution in [2.24, 2.45) is 0 Å². The minimum atomic E-state index is -3.80. The second-order valence-corrected chi connectivity index (χ2v) is 9.61. The number of sulfonamides is 1. The van der Waals surface area contributed by atoms with Gasteiger partial charge < -0.3 is 4.74 Å². The van der Waals surface area contributed by atoms with E-state index in [1.807, 2.05) is 54.6 Å². The molecule has 8 heteroatoms. The number of ether oxygens (including phenoxy) is 1. The quantitative estimate of drug-likeness (QED) is 0.558. The summed E-state index contributed by atoms with van der Waals surface area (Å²) in [5.74, 6) is 0.192. The van der Waals surface area contributed by atoms with Gasteiger partial charge in [0.05, 0.1) is 12.6 Å². The van der Waals surface area contributed by atoms with E-state index in [4.69, 9.17) is 9.57 Å². The molecule has 4 rings (SSSR count). The average Bonchev–Trinajstić information content (AvgIpc) is 3.20. The summed E-state index contributed by atoms with van der Waals surface area (Å²) in [4.78, 5) is 5.56. The maximum absolute atomic E-state index is 13.9. The Kier molecular flexibility index (Phi) is 6.86. The molecule has 0 unspecified atom stereocenters. The first-order valence-electron chi connectivity index (χ1n) is 10.3. The summed E-state index contributed by atoms with van der Waals surface area (Å²) in [5, 5.41) is 0.687. The van der Waals surface area contributed by atoms with Crippen LogP contribution in [0.3, 0.4) is 0 Å². The lowest BCUT2D eigenvalue weighted by Gasteiger charge is -2.23. The fraction of sp³-hybridized carbons (Fsp3) is 0.250. The van der Waals surface area contributed by atoms with E-state index in [-0.39, 0.29) is 18.7 Å². The maximum atomic E-state index is 13.9. The molecule has 0 aromatic heterocycles. The predicted octanol–water partition coefficient (Wildman–Crippen LogP) is 3.81. The molecule has 0 radical (unpaired) electrons. The van der Waals surface area contributed by atoms with Gasteiger partial charge in [0.15, 0.2) is 0 Å². The number of nitrogens with zero attached hydrogens (tertiary/aromatic N) is 1. The van der Waals surface area contributed by atoms with Crippen LogP contribution >= 0.6 is 0 Å². The van der Waals surface area contributed by atoms with Gasteiger partial charge in [0.1, 0.15) is 23.4 Å². The lowest BCUT2D eigenvalue weighted by Crippen LogP contribution is -2.39. The van der Waals surface area contributed by atoms with Crippen LogP contribution in [0, 0.1) is 5.82 Å². The Labute approximate surface area is 187 Å². The third-order valence-corrected chi connectivity index (χ3v) is 7.19. The Hall–Kier alpha value is -2.78. The maximum Gasteiger partial charge on any atom is 0.219 e. The van der Waals surface area contributed by atoms with Crippen molar-refractivity contribution in [3.05, 3.63) is 101 Å². The van der Waals surface area contributed by atoms with Crippen molar-refractivity contribution in [3.63, 3.8) is 0 Å². The van der Waals surface area contributed by atoms with Gasteiger partial charge in [-0.05, 0) is 29.3 Å². The van der Waals surface area contributed by atoms with Gasteiger partial charge in [-0.2, -0.15) is 5.06 Å². The van der Waals surface area contributed by atoms with E-state index in [0.717, 1.165) is 11.1 Å². The summed E-state index contributed by atoms with van der Waals surface area (Å²) in [7, 11) is -2.09. The Bertz CT molecular complexity index is 1160. The highest BCUT2D eigenvalue weighted by Crippen LogP contribution is 2.34. The van der Waals surface area contributed by atoms with Crippen LogP contribution in [-0.2, 0) is 28.0 Å². The van der Waals surface area contributed by atoms with Crippen molar-refractivity contribution in [2.45, 2.75) is 24.4 Å². The van der Waals surface area contributed by atoms with Crippen LogP contribution in [0.25, 0.3) is 0 Å². The van der Waals surface area contributed by atoms with Gasteiger partial charge >= 0.3 is 0 Å². The molecule has 2 atom stereocenters. The molecule has 1 heterocycles. The molecule has 0 bridgehead atoms. The average molecular weight is 457 g/mol. The highest BCUT2D eigenvalue weighted by molar-refractivity contribution is 7.90. The second-order valence-electron chi connectivity index (χ2n) is 7.63. The number of rotatable bonds is 8. The summed E-state index contributed by atoms with van der Waals surface area (Å²) >= 11 is 0. The number of hydrogen-bond donors (Lipinski definition) is 1. The largest absolute Gasteiger partial charge is 0.489 e. The minimum Gasteiger partial charge on any atom is -0.489 e. The van der Waals surface area contributed by atoms with Crippen molar-refractivity contribution in [1.29, 1.82) is 0 Å². The van der Waals surface area contributed by atoms with E-state index < -0.39 is 27.1 Å². The van der Waals surface area contributed by atoms with Crippen LogP contribution in [0.2, 0.25) is 0 Å². The Morgan fingerprint density at radius 3 is 2.59 bits per heavy atom. The third kappa shape index (κ3) is 5.16. The second kappa shape index (κ2) is 9.79. The molecule has 1 aliphatic heterocycles.